The molecule has 1 aromatic heterocycles. The van der Waals surface area contributed by atoms with E-state index >= 15 is 0 Å². The lowest BCUT2D eigenvalue weighted by atomic mass is 9.81. The van der Waals surface area contributed by atoms with Gasteiger partial charge in [-0.3, -0.25) is 20.1 Å². The summed E-state index contributed by atoms with van der Waals surface area (Å²) in [4.78, 5) is 37.8. The predicted octanol–water partition coefficient (Wildman–Crippen LogP) is 4.35. The Morgan fingerprint density at radius 3 is 2.81 bits per heavy atom. The van der Waals surface area contributed by atoms with Crippen molar-refractivity contribution >= 4 is 34.6 Å². The second-order valence-electron chi connectivity index (χ2n) is 8.99. The zero-order chi connectivity index (χ0) is 22.8. The van der Waals surface area contributed by atoms with Crippen LogP contribution in [0.2, 0.25) is 0 Å². The highest BCUT2D eigenvalue weighted by Crippen LogP contribution is 2.51. The summed E-state index contributed by atoms with van der Waals surface area (Å²) in [5.74, 6) is 0.915. The number of hydrogen-bond donors (Lipinski definition) is 2. The minimum Gasteiger partial charge on any atom is -0.444 e. The molecule has 1 saturated carbocycles. The number of ether oxygens (including phenoxy) is 1. The zero-order valence-corrected chi connectivity index (χ0v) is 19.2. The number of carbonyl (C=O) groups excluding carboxylic acids is 2. The fourth-order valence-corrected chi connectivity index (χ4v) is 5.38. The molecule has 2 heterocycles. The Morgan fingerprint density at radius 2 is 2.06 bits per heavy atom. The van der Waals surface area contributed by atoms with E-state index in [4.69, 9.17) is 9.73 Å². The van der Waals surface area contributed by atoms with Gasteiger partial charge in [-0.25, -0.2) is 9.78 Å². The lowest BCUT2D eigenvalue weighted by Crippen LogP contribution is -2.41. The zero-order valence-electron chi connectivity index (χ0n) is 18.4. The number of amidine groups is 1. The van der Waals surface area contributed by atoms with Crippen LogP contribution in [0.1, 0.15) is 56.1 Å². The van der Waals surface area contributed by atoms with Crippen LogP contribution in [-0.2, 0) is 10.3 Å². The first-order valence-corrected chi connectivity index (χ1v) is 11.6. The molecule has 32 heavy (non-hydrogen) atoms. The van der Waals surface area contributed by atoms with E-state index in [1.165, 1.54) is 18.6 Å². The maximum Gasteiger partial charge on any atom is 0.413 e. The van der Waals surface area contributed by atoms with Gasteiger partial charge in [0.25, 0.3) is 5.91 Å². The van der Waals surface area contributed by atoms with E-state index in [1.807, 2.05) is 45.0 Å². The Balaban J connectivity index is 1.58. The third kappa shape index (κ3) is 4.93. The first-order chi connectivity index (χ1) is 15.2. The molecular weight excluding hydrogens is 426 g/mol. The summed E-state index contributed by atoms with van der Waals surface area (Å²) in [5.41, 5.74) is 0.954. The van der Waals surface area contributed by atoms with E-state index in [2.05, 4.69) is 20.6 Å². The van der Waals surface area contributed by atoms with Crippen molar-refractivity contribution in [3.63, 3.8) is 0 Å². The molecule has 0 spiro atoms. The van der Waals surface area contributed by atoms with E-state index in [0.717, 1.165) is 30.6 Å². The molecule has 168 valence electrons. The van der Waals surface area contributed by atoms with Gasteiger partial charge >= 0.3 is 6.09 Å². The number of aliphatic imine (C=N–C) groups is 1. The maximum atomic E-state index is 12.5. The minimum atomic E-state index is -0.576. The highest BCUT2D eigenvalue weighted by molar-refractivity contribution is 8.13. The second-order valence-corrected chi connectivity index (χ2v) is 10.0. The molecule has 1 aliphatic heterocycles. The number of nitrogens with one attached hydrogen (secondary N) is 2. The number of hydrogen-bond acceptors (Lipinski definition) is 7. The number of carbonyl (C=O) groups is 2. The molecule has 2 aliphatic rings. The summed E-state index contributed by atoms with van der Waals surface area (Å²) in [6.45, 7) is 5.49. The third-order valence-electron chi connectivity index (χ3n) is 5.53. The van der Waals surface area contributed by atoms with E-state index in [0.29, 0.717) is 16.8 Å². The highest BCUT2D eigenvalue weighted by Gasteiger charge is 2.47. The Bertz CT molecular complexity index is 1040. The SMILES string of the molecule is CC(C)(C)OC(=O)NC1=N[C@@]2(c3cccc(NC(=O)c4cnccn4)c3)CCCC2CS1. The van der Waals surface area contributed by atoms with Gasteiger partial charge in [0, 0.05) is 23.8 Å². The quantitative estimate of drug-likeness (QED) is 0.716. The summed E-state index contributed by atoms with van der Waals surface area (Å²) in [6.07, 6.45) is 6.97. The van der Waals surface area contributed by atoms with Crippen molar-refractivity contribution < 1.29 is 14.3 Å². The maximum absolute atomic E-state index is 12.5. The Hall–Kier alpha value is -2.94. The van der Waals surface area contributed by atoms with Crippen molar-refractivity contribution in [3.05, 3.63) is 54.1 Å². The van der Waals surface area contributed by atoms with Crippen LogP contribution in [-0.4, -0.2) is 38.5 Å². The molecule has 1 aliphatic carbocycles. The Morgan fingerprint density at radius 1 is 1.22 bits per heavy atom. The third-order valence-corrected chi connectivity index (χ3v) is 6.57. The van der Waals surface area contributed by atoms with Gasteiger partial charge in [0.05, 0.1) is 11.7 Å². The molecule has 1 aromatic carbocycles. The number of thioether (sulfide) groups is 1. The number of alkyl carbamates (subject to hydrolysis) is 1. The summed E-state index contributed by atoms with van der Waals surface area (Å²) < 4.78 is 5.39. The van der Waals surface area contributed by atoms with Gasteiger partial charge in [0.2, 0.25) is 0 Å². The van der Waals surface area contributed by atoms with Crippen LogP contribution < -0.4 is 10.6 Å². The predicted molar refractivity (Wildman–Crippen MR) is 125 cm³/mol. The largest absolute Gasteiger partial charge is 0.444 e. The van der Waals surface area contributed by atoms with Crippen LogP contribution in [0.4, 0.5) is 10.5 Å². The molecular formula is C23H27N5O3S. The van der Waals surface area contributed by atoms with Gasteiger partial charge in [-0.1, -0.05) is 30.3 Å². The summed E-state index contributed by atoms with van der Waals surface area (Å²) >= 11 is 1.55. The minimum absolute atomic E-state index is 0.255. The summed E-state index contributed by atoms with van der Waals surface area (Å²) in [7, 11) is 0. The van der Waals surface area contributed by atoms with Crippen molar-refractivity contribution in [2.24, 2.45) is 10.9 Å². The van der Waals surface area contributed by atoms with Gasteiger partial charge in [0.1, 0.15) is 11.3 Å². The molecule has 2 atom stereocenters. The van der Waals surface area contributed by atoms with Crippen LogP contribution in [0.3, 0.4) is 0 Å². The number of fused-ring (bicyclic) bond motifs is 1. The fraction of sp³-hybridized carbons (Fsp3) is 0.435. The number of amides is 2. The average Bonchev–Trinajstić information content (AvgIpc) is 3.17. The number of anilines is 1. The summed E-state index contributed by atoms with van der Waals surface area (Å²) in [5, 5.41) is 6.29. The highest BCUT2D eigenvalue weighted by atomic mass is 32.2. The topological polar surface area (TPSA) is 106 Å². The van der Waals surface area contributed by atoms with Crippen molar-refractivity contribution in [2.45, 2.75) is 51.2 Å². The molecule has 0 radical (unpaired) electrons. The first kappa shape index (κ1) is 22.3. The Kier molecular flexibility index (Phi) is 6.19. The van der Waals surface area contributed by atoms with Gasteiger partial charge in [-0.2, -0.15) is 0 Å². The van der Waals surface area contributed by atoms with Crippen molar-refractivity contribution in [1.82, 2.24) is 15.3 Å². The van der Waals surface area contributed by atoms with Gasteiger partial charge < -0.3 is 10.1 Å². The lowest BCUT2D eigenvalue weighted by molar-refractivity contribution is 0.0563. The van der Waals surface area contributed by atoms with Gasteiger partial charge in [0.15, 0.2) is 5.17 Å². The lowest BCUT2D eigenvalue weighted by Gasteiger charge is -2.37. The normalized spacial score (nSPS) is 22.5. The monoisotopic (exact) mass is 453 g/mol. The van der Waals surface area contributed by atoms with Crippen LogP contribution in [0.15, 0.2) is 47.8 Å². The number of aromatic nitrogens is 2. The number of rotatable bonds is 3. The van der Waals surface area contributed by atoms with Crippen molar-refractivity contribution in [3.8, 4) is 0 Å². The average molecular weight is 454 g/mol. The second kappa shape index (κ2) is 8.90. The van der Waals surface area contributed by atoms with E-state index < -0.39 is 17.2 Å². The molecule has 0 bridgehead atoms. The molecule has 9 heteroatoms. The van der Waals surface area contributed by atoms with Crippen molar-refractivity contribution in [2.75, 3.05) is 11.1 Å². The number of benzene rings is 1. The molecule has 2 N–H and O–H groups in total. The molecule has 2 aromatic rings. The number of nitrogens with zero attached hydrogens (tertiary/aromatic N) is 3. The molecule has 8 nitrogen and oxygen atoms in total. The van der Waals surface area contributed by atoms with E-state index in [-0.39, 0.29) is 11.6 Å². The van der Waals surface area contributed by atoms with Crippen LogP contribution in [0, 0.1) is 5.92 Å². The first-order valence-electron chi connectivity index (χ1n) is 10.7. The molecule has 0 saturated heterocycles. The van der Waals surface area contributed by atoms with Gasteiger partial charge in [-0.15, -0.1) is 0 Å². The molecule has 1 unspecified atom stereocenters. The standard InChI is InChI=1S/C23H27N5O3S/c1-22(2,3)31-21(30)27-20-28-23(9-5-7-16(23)14-32-20)15-6-4-8-17(12-15)26-19(29)18-13-24-10-11-25-18/h4,6,8,10-13,16H,5,7,9,14H2,1-3H3,(H,26,29)(H,27,28,30)/t16?,23-/m1/s1. The van der Waals surface area contributed by atoms with Crippen LogP contribution >= 0.6 is 11.8 Å². The van der Waals surface area contributed by atoms with Crippen LogP contribution in [0.5, 0.6) is 0 Å². The van der Waals surface area contributed by atoms with Gasteiger partial charge in [-0.05, 0) is 57.2 Å². The Labute approximate surface area is 191 Å². The molecule has 2 amide bonds. The van der Waals surface area contributed by atoms with Crippen molar-refractivity contribution in [1.29, 1.82) is 0 Å². The van der Waals surface area contributed by atoms with E-state index in [1.54, 1.807) is 11.8 Å². The fourth-order valence-electron chi connectivity index (χ4n) is 4.20. The smallest absolute Gasteiger partial charge is 0.413 e. The van der Waals surface area contributed by atoms with E-state index in [9.17, 15) is 9.59 Å². The van der Waals surface area contributed by atoms with Crippen LogP contribution in [0.25, 0.3) is 0 Å². The molecule has 1 fully saturated rings. The summed E-state index contributed by atoms with van der Waals surface area (Å²) in [6, 6.07) is 7.78. The molecule has 4 rings (SSSR count).